The zero-order valence-corrected chi connectivity index (χ0v) is 12.6. The molecule has 1 rings (SSSR count). The van der Waals surface area contributed by atoms with E-state index in [-0.39, 0.29) is 25.1 Å². The molecule has 0 aromatic heterocycles. The number of sulfonamides is 1. The molecule has 0 heterocycles. The van der Waals surface area contributed by atoms with Crippen molar-refractivity contribution < 1.29 is 23.1 Å². The molecule has 0 aliphatic heterocycles. The number of benzene rings is 1. The molecule has 0 aliphatic carbocycles. The van der Waals surface area contributed by atoms with Gasteiger partial charge in [0, 0.05) is 13.0 Å². The molecule has 0 radical (unpaired) electrons. The van der Waals surface area contributed by atoms with Crippen LogP contribution in [-0.2, 0) is 26.0 Å². The minimum atomic E-state index is -3.41. The van der Waals surface area contributed by atoms with E-state index in [0.717, 1.165) is 6.42 Å². The molecular formula is C14H21NO5S. The van der Waals surface area contributed by atoms with Crippen LogP contribution in [0.25, 0.3) is 0 Å². The van der Waals surface area contributed by atoms with Crippen molar-refractivity contribution in [2.45, 2.75) is 19.3 Å². The van der Waals surface area contributed by atoms with Crippen molar-refractivity contribution in [2.24, 2.45) is 0 Å². The van der Waals surface area contributed by atoms with E-state index >= 15 is 0 Å². The van der Waals surface area contributed by atoms with Crippen LogP contribution in [0.3, 0.4) is 0 Å². The Labute approximate surface area is 125 Å². The summed E-state index contributed by atoms with van der Waals surface area (Å²) < 4.78 is 30.8. The molecule has 118 valence electrons. The molecule has 0 unspecified atom stereocenters. The number of carboxylic acid groups (broad SMARTS) is 1. The van der Waals surface area contributed by atoms with Crippen LogP contribution in [0.1, 0.15) is 18.4 Å². The van der Waals surface area contributed by atoms with E-state index in [1.165, 1.54) is 5.56 Å². The molecule has 1 aromatic carbocycles. The summed E-state index contributed by atoms with van der Waals surface area (Å²) in [6, 6.07) is 9.88. The summed E-state index contributed by atoms with van der Waals surface area (Å²) in [4.78, 5) is 10.3. The third-order valence-corrected chi connectivity index (χ3v) is 4.22. The first-order valence-corrected chi connectivity index (χ1v) is 8.45. The molecule has 0 saturated carbocycles. The second-order valence-electron chi connectivity index (χ2n) is 4.56. The largest absolute Gasteiger partial charge is 0.481 e. The van der Waals surface area contributed by atoms with E-state index in [0.29, 0.717) is 13.2 Å². The normalized spacial score (nSPS) is 11.4. The molecule has 1 aromatic rings. The van der Waals surface area contributed by atoms with E-state index in [4.69, 9.17) is 9.84 Å². The number of hydrogen-bond acceptors (Lipinski definition) is 4. The van der Waals surface area contributed by atoms with Crippen LogP contribution >= 0.6 is 0 Å². The zero-order valence-electron chi connectivity index (χ0n) is 11.8. The highest BCUT2D eigenvalue weighted by Gasteiger charge is 2.10. The molecule has 7 heteroatoms. The number of ether oxygens (including phenoxy) is 1. The first-order valence-electron chi connectivity index (χ1n) is 6.80. The molecule has 2 N–H and O–H groups in total. The number of carbonyl (C=O) groups is 1. The number of nitrogens with one attached hydrogen (secondary N) is 1. The predicted molar refractivity (Wildman–Crippen MR) is 79.6 cm³/mol. The molecule has 0 amide bonds. The van der Waals surface area contributed by atoms with Gasteiger partial charge in [-0.15, -0.1) is 0 Å². The van der Waals surface area contributed by atoms with Crippen molar-refractivity contribution >= 4 is 16.0 Å². The summed E-state index contributed by atoms with van der Waals surface area (Å²) in [6.07, 6.45) is 0.750. The van der Waals surface area contributed by atoms with Gasteiger partial charge in [0.05, 0.1) is 19.0 Å². The van der Waals surface area contributed by atoms with E-state index in [1.54, 1.807) is 0 Å². The van der Waals surface area contributed by atoms with Gasteiger partial charge in [-0.3, -0.25) is 4.79 Å². The van der Waals surface area contributed by atoms with Crippen LogP contribution in [0.4, 0.5) is 0 Å². The summed E-state index contributed by atoms with van der Waals surface area (Å²) in [7, 11) is -3.41. The third-order valence-electron chi connectivity index (χ3n) is 2.75. The van der Waals surface area contributed by atoms with E-state index in [2.05, 4.69) is 4.72 Å². The van der Waals surface area contributed by atoms with Crippen LogP contribution < -0.4 is 4.72 Å². The molecule has 6 nitrogen and oxygen atoms in total. The average molecular weight is 315 g/mol. The fourth-order valence-corrected chi connectivity index (χ4v) is 2.75. The molecule has 21 heavy (non-hydrogen) atoms. The van der Waals surface area contributed by atoms with Crippen molar-refractivity contribution in [3.05, 3.63) is 35.9 Å². The lowest BCUT2D eigenvalue weighted by molar-refractivity contribution is -0.137. The molecule has 0 fully saturated rings. The summed E-state index contributed by atoms with van der Waals surface area (Å²) in [5.74, 6) is -1.17. The molecule has 0 atom stereocenters. The van der Waals surface area contributed by atoms with Crippen LogP contribution in [-0.4, -0.2) is 45.0 Å². The van der Waals surface area contributed by atoms with Crippen LogP contribution in [0, 0.1) is 0 Å². The predicted octanol–water partition coefficient (Wildman–Crippen LogP) is 1.03. The van der Waals surface area contributed by atoms with Gasteiger partial charge in [0.25, 0.3) is 0 Å². The Balaban J connectivity index is 2.06. The standard InChI is InChI=1S/C14H21NO5S/c16-14(17)7-4-12-21(18,19)15-9-11-20-10-8-13-5-2-1-3-6-13/h1-3,5-6,15H,4,7-12H2,(H,16,17). The topological polar surface area (TPSA) is 92.7 Å². The van der Waals surface area contributed by atoms with Crippen LogP contribution in [0.5, 0.6) is 0 Å². The highest BCUT2D eigenvalue weighted by Crippen LogP contribution is 1.99. The molecule has 0 aliphatic rings. The van der Waals surface area contributed by atoms with Gasteiger partial charge in [0.15, 0.2) is 0 Å². The van der Waals surface area contributed by atoms with Gasteiger partial charge in [-0.25, -0.2) is 13.1 Å². The van der Waals surface area contributed by atoms with Crippen molar-refractivity contribution in [3.8, 4) is 0 Å². The number of hydrogen-bond donors (Lipinski definition) is 2. The van der Waals surface area contributed by atoms with E-state index in [1.807, 2.05) is 30.3 Å². The maximum atomic E-state index is 11.5. The minimum Gasteiger partial charge on any atom is -0.481 e. The van der Waals surface area contributed by atoms with Gasteiger partial charge in [-0.2, -0.15) is 0 Å². The van der Waals surface area contributed by atoms with Crippen molar-refractivity contribution in [2.75, 3.05) is 25.5 Å². The van der Waals surface area contributed by atoms with Crippen molar-refractivity contribution in [3.63, 3.8) is 0 Å². The Morgan fingerprint density at radius 1 is 1.19 bits per heavy atom. The molecule has 0 spiro atoms. The first kappa shape index (κ1) is 17.6. The fourth-order valence-electron chi connectivity index (χ4n) is 1.69. The molecule has 0 bridgehead atoms. The Kier molecular flexibility index (Phi) is 7.96. The second kappa shape index (κ2) is 9.49. The first-order chi connectivity index (χ1) is 9.99. The van der Waals surface area contributed by atoms with Crippen molar-refractivity contribution in [1.29, 1.82) is 0 Å². The van der Waals surface area contributed by atoms with Gasteiger partial charge in [0.1, 0.15) is 0 Å². The summed E-state index contributed by atoms with van der Waals surface area (Å²) >= 11 is 0. The van der Waals surface area contributed by atoms with Gasteiger partial charge in [-0.05, 0) is 18.4 Å². The quantitative estimate of drug-likeness (QED) is 0.595. The smallest absolute Gasteiger partial charge is 0.303 e. The lowest BCUT2D eigenvalue weighted by Crippen LogP contribution is -2.30. The highest BCUT2D eigenvalue weighted by molar-refractivity contribution is 7.89. The summed E-state index contributed by atoms with van der Waals surface area (Å²) in [5.41, 5.74) is 1.17. The van der Waals surface area contributed by atoms with Crippen LogP contribution in [0.15, 0.2) is 30.3 Å². The minimum absolute atomic E-state index is 0.111. The number of rotatable bonds is 11. The monoisotopic (exact) mass is 315 g/mol. The SMILES string of the molecule is O=C(O)CCCS(=O)(=O)NCCOCCc1ccccc1. The lowest BCUT2D eigenvalue weighted by atomic mass is 10.2. The number of carboxylic acids is 1. The van der Waals surface area contributed by atoms with Gasteiger partial charge in [-0.1, -0.05) is 30.3 Å². The van der Waals surface area contributed by atoms with Crippen molar-refractivity contribution in [1.82, 2.24) is 4.72 Å². The fraction of sp³-hybridized carbons (Fsp3) is 0.500. The Morgan fingerprint density at radius 2 is 1.90 bits per heavy atom. The average Bonchev–Trinajstić information content (AvgIpc) is 2.43. The maximum absolute atomic E-state index is 11.5. The third kappa shape index (κ3) is 9.17. The van der Waals surface area contributed by atoms with E-state index < -0.39 is 16.0 Å². The Bertz CT molecular complexity index is 515. The maximum Gasteiger partial charge on any atom is 0.303 e. The number of aliphatic carboxylic acids is 1. The summed E-state index contributed by atoms with van der Waals surface area (Å²) in [5, 5.41) is 8.44. The summed E-state index contributed by atoms with van der Waals surface area (Å²) in [6.45, 7) is 1.03. The van der Waals surface area contributed by atoms with Crippen LogP contribution in [0.2, 0.25) is 0 Å². The molecule has 0 saturated heterocycles. The van der Waals surface area contributed by atoms with Gasteiger partial charge < -0.3 is 9.84 Å². The Hall–Kier alpha value is -1.44. The second-order valence-corrected chi connectivity index (χ2v) is 6.48. The zero-order chi connectivity index (χ0) is 15.6. The van der Waals surface area contributed by atoms with E-state index in [9.17, 15) is 13.2 Å². The van der Waals surface area contributed by atoms with Gasteiger partial charge in [0.2, 0.25) is 10.0 Å². The lowest BCUT2D eigenvalue weighted by Gasteiger charge is -2.07. The Morgan fingerprint density at radius 3 is 2.57 bits per heavy atom. The molecular weight excluding hydrogens is 294 g/mol. The van der Waals surface area contributed by atoms with Gasteiger partial charge >= 0.3 is 5.97 Å². The highest BCUT2D eigenvalue weighted by atomic mass is 32.2.